The molecule has 5 aromatic rings. The molecule has 0 spiro atoms. The highest BCUT2D eigenvalue weighted by Gasteiger charge is 2.45. The van der Waals surface area contributed by atoms with Gasteiger partial charge in [0.25, 0.3) is 0 Å². The predicted octanol–water partition coefficient (Wildman–Crippen LogP) is 7.94. The number of hydrogen-bond acceptors (Lipinski definition) is 10. The van der Waals surface area contributed by atoms with Gasteiger partial charge in [0.2, 0.25) is 17.7 Å². The van der Waals surface area contributed by atoms with Gasteiger partial charge in [-0.25, -0.2) is 18.2 Å². The first-order chi connectivity index (χ1) is 34.2. The van der Waals surface area contributed by atoms with Gasteiger partial charge in [-0.15, -0.1) is 11.3 Å². The quantitative estimate of drug-likeness (QED) is 0.0643. The molecule has 3 aliphatic rings. The second kappa shape index (κ2) is 22.4. The monoisotopic (exact) mass is 1010 g/mol. The zero-order chi connectivity index (χ0) is 51.5. The van der Waals surface area contributed by atoms with Gasteiger partial charge >= 0.3 is 0 Å². The molecule has 72 heavy (non-hydrogen) atoms. The van der Waals surface area contributed by atoms with E-state index >= 15 is 13.2 Å². The Balaban J connectivity index is 0.768. The van der Waals surface area contributed by atoms with E-state index in [0.29, 0.717) is 25.1 Å². The number of rotatable bonds is 18. The number of fused-ring (bicyclic) bond motifs is 3. The number of hydrogen-bond donors (Lipinski definition) is 4. The summed E-state index contributed by atoms with van der Waals surface area (Å²) in [7, 11) is 0. The molecule has 0 bridgehead atoms. The smallest absolute Gasteiger partial charge is 0.246 e. The number of nitrogens with one attached hydrogen (secondary N) is 3. The number of carbonyl (C=O) groups is 3. The first kappa shape index (κ1) is 53.0. The van der Waals surface area contributed by atoms with Crippen molar-refractivity contribution in [1.82, 2.24) is 40.2 Å². The number of aromatic amines is 1. The number of halogens is 3. The molecule has 388 valence electrons. The average molecular weight is 1010 g/mol. The third kappa shape index (κ3) is 12.5. The third-order valence-corrected chi connectivity index (χ3v) is 15.3. The fraction of sp³-hybridized carbons (Fsp3) is 0.527. The summed E-state index contributed by atoms with van der Waals surface area (Å²) in [5.74, 6) is -2.36. The molecular formula is C55H71F3N8O5S. The van der Waals surface area contributed by atoms with Crippen molar-refractivity contribution in [3.63, 3.8) is 0 Å². The van der Waals surface area contributed by atoms with Crippen LogP contribution in [0.2, 0.25) is 0 Å². The highest BCUT2D eigenvalue weighted by Crippen LogP contribution is 2.44. The van der Waals surface area contributed by atoms with Crippen molar-refractivity contribution in [2.24, 2.45) is 5.41 Å². The van der Waals surface area contributed by atoms with E-state index in [2.05, 4.69) is 30.4 Å². The molecule has 5 atom stereocenters. The second-order valence-electron chi connectivity index (χ2n) is 21.6. The Labute approximate surface area is 425 Å². The summed E-state index contributed by atoms with van der Waals surface area (Å²) in [5.41, 5.74) is 4.91. The number of alkyl halides is 1. The van der Waals surface area contributed by atoms with Crippen molar-refractivity contribution in [3.8, 4) is 16.2 Å². The number of aromatic nitrogens is 2. The number of H-pyrrole nitrogens is 1. The van der Waals surface area contributed by atoms with Crippen LogP contribution in [0.1, 0.15) is 101 Å². The fourth-order valence-corrected chi connectivity index (χ4v) is 11.4. The highest BCUT2D eigenvalue weighted by molar-refractivity contribution is 7.13. The van der Waals surface area contributed by atoms with E-state index in [1.165, 1.54) is 30.9 Å². The summed E-state index contributed by atoms with van der Waals surface area (Å²) in [6.45, 7) is 17.6. The molecule has 3 aromatic carbocycles. The molecule has 1 unspecified atom stereocenters. The van der Waals surface area contributed by atoms with Crippen molar-refractivity contribution >= 4 is 40.0 Å². The van der Waals surface area contributed by atoms with Gasteiger partial charge in [-0.3, -0.25) is 19.3 Å². The Kier molecular flexibility index (Phi) is 16.5. The Hall–Kier alpha value is -5.33. The van der Waals surface area contributed by atoms with Gasteiger partial charge < -0.3 is 40.2 Å². The van der Waals surface area contributed by atoms with E-state index in [4.69, 9.17) is 4.74 Å². The van der Waals surface area contributed by atoms with Crippen LogP contribution in [-0.2, 0) is 27.3 Å². The van der Waals surface area contributed by atoms with E-state index in [1.807, 2.05) is 93.6 Å². The number of ether oxygens (including phenoxy) is 1. The van der Waals surface area contributed by atoms with E-state index < -0.39 is 52.9 Å². The average Bonchev–Trinajstić information content (AvgIpc) is 4.05. The maximum atomic E-state index is 16.2. The lowest BCUT2D eigenvalue weighted by Gasteiger charge is -2.43. The summed E-state index contributed by atoms with van der Waals surface area (Å²) in [6.07, 6.45) is 1.58. The number of aryl methyl sites for hydroxylation is 1. The fourth-order valence-electron chi connectivity index (χ4n) is 10.5. The van der Waals surface area contributed by atoms with Crippen LogP contribution in [0.3, 0.4) is 0 Å². The molecule has 8 rings (SSSR count). The number of amides is 3. The van der Waals surface area contributed by atoms with Gasteiger partial charge in [0.1, 0.15) is 35.1 Å². The van der Waals surface area contributed by atoms with Gasteiger partial charge in [0.15, 0.2) is 0 Å². The van der Waals surface area contributed by atoms with Gasteiger partial charge in [-0.2, -0.15) is 0 Å². The topological polar surface area (TPSA) is 146 Å². The molecule has 13 nitrogen and oxygen atoms in total. The molecule has 5 heterocycles. The normalized spacial score (nSPS) is 20.7. The number of carbonyl (C=O) groups excluding carboxylic acids is 3. The molecule has 17 heteroatoms. The van der Waals surface area contributed by atoms with Crippen LogP contribution in [0.15, 0.2) is 66.2 Å². The van der Waals surface area contributed by atoms with E-state index in [1.54, 1.807) is 11.3 Å². The Morgan fingerprint density at radius 3 is 2.29 bits per heavy atom. The van der Waals surface area contributed by atoms with Crippen LogP contribution >= 0.6 is 11.3 Å². The Bertz CT molecular complexity index is 2670. The third-order valence-electron chi connectivity index (χ3n) is 14.4. The zero-order valence-corrected chi connectivity index (χ0v) is 43.5. The minimum absolute atomic E-state index is 0.00358. The number of nitrogens with zero attached hydrogens (tertiary/aromatic N) is 5. The number of unbranched alkanes of at least 4 members (excludes halogenated alkanes) is 1. The Morgan fingerprint density at radius 1 is 0.958 bits per heavy atom. The zero-order valence-electron chi connectivity index (χ0n) is 42.7. The lowest BCUT2D eigenvalue weighted by atomic mass is 9.85. The van der Waals surface area contributed by atoms with Gasteiger partial charge in [0.05, 0.1) is 34.8 Å². The molecular weight excluding hydrogens is 942 g/mol. The largest absolute Gasteiger partial charge is 0.493 e. The minimum Gasteiger partial charge on any atom is -0.493 e. The van der Waals surface area contributed by atoms with Crippen LogP contribution in [0.25, 0.3) is 21.3 Å². The lowest BCUT2D eigenvalue weighted by molar-refractivity contribution is -0.144. The minimum atomic E-state index is -1.59. The van der Waals surface area contributed by atoms with Gasteiger partial charge in [-0.1, -0.05) is 63.2 Å². The van der Waals surface area contributed by atoms with Crippen molar-refractivity contribution in [2.75, 3.05) is 59.0 Å². The number of likely N-dealkylation sites (tertiary alicyclic amines) is 1. The summed E-state index contributed by atoms with van der Waals surface area (Å²) in [4.78, 5) is 57.8. The number of piperazine rings is 1. The van der Waals surface area contributed by atoms with Gasteiger partial charge in [0, 0.05) is 106 Å². The summed E-state index contributed by atoms with van der Waals surface area (Å²) < 4.78 is 53.4. The molecule has 0 saturated carbocycles. The molecule has 3 amide bonds. The number of para-hydroxylation sites is 1. The maximum absolute atomic E-state index is 16.2. The van der Waals surface area contributed by atoms with Gasteiger partial charge in [-0.05, 0) is 81.7 Å². The van der Waals surface area contributed by atoms with E-state index in [0.717, 1.165) is 77.3 Å². The lowest BCUT2D eigenvalue weighted by Crippen LogP contribution is -2.58. The predicted molar refractivity (Wildman–Crippen MR) is 275 cm³/mol. The standard InChI is InChI=1S/C55H71F3N8O5S/c1-34-26-41-40-12-8-9-13-44(40)61-48(41)49(66(34)32-55(6,7)58)47-42(56)28-39(29-43(47)57)71-25-11-10-19-63-21-23-64(24-22-63)20-18-46(68)62-51(54(3,4)5)53(70)65-31-38(67)27-45(65)52(69)59-30-36-14-16-37(17-15-36)50-35(2)60-33-72-50/h8-9,12-17,28-29,33-34,38,45,49,51,61,67H,10-11,18-27,30-32H2,1-7H3,(H,59,69)(H,62,68)/t34-,38-,45+,49-,51?/m1/s1. The van der Waals surface area contributed by atoms with Crippen molar-refractivity contribution < 1.29 is 37.4 Å². The van der Waals surface area contributed by atoms with E-state index in [9.17, 15) is 19.5 Å². The Morgan fingerprint density at radius 2 is 1.64 bits per heavy atom. The second-order valence-corrected chi connectivity index (χ2v) is 22.5. The SMILES string of the molecule is Cc1ncsc1-c1ccc(CNC(=O)[C@@H]2C[C@@H](O)CN2C(=O)C(NC(=O)CCN2CCN(CCCCOc3cc(F)c([C@@H]4c5[nH]c6ccccc6c5C[C@@H](C)N4CC(C)(C)F)c(F)c3)CC2)C(C)(C)C)cc1. The van der Waals surface area contributed by atoms with Crippen LogP contribution in [0.4, 0.5) is 13.2 Å². The molecule has 4 N–H and O–H groups in total. The van der Waals surface area contributed by atoms with Crippen LogP contribution in [0, 0.1) is 24.0 Å². The van der Waals surface area contributed by atoms with Crippen molar-refractivity contribution in [3.05, 3.63) is 106 Å². The molecule has 0 aliphatic carbocycles. The van der Waals surface area contributed by atoms with Crippen molar-refractivity contribution in [1.29, 1.82) is 0 Å². The number of thiazole rings is 1. The van der Waals surface area contributed by atoms with Crippen LogP contribution in [-0.4, -0.2) is 141 Å². The first-order valence-corrected chi connectivity index (χ1v) is 26.3. The molecule has 0 radical (unpaired) electrons. The molecule has 3 aliphatic heterocycles. The number of aliphatic hydroxyl groups excluding tert-OH is 1. The van der Waals surface area contributed by atoms with E-state index in [-0.39, 0.29) is 68.3 Å². The molecule has 2 aromatic heterocycles. The number of aliphatic hydroxyl groups is 1. The summed E-state index contributed by atoms with van der Waals surface area (Å²) >= 11 is 1.57. The van der Waals surface area contributed by atoms with Crippen LogP contribution in [0.5, 0.6) is 5.75 Å². The number of β-amino-alcohol motifs (C(OH)–C–C–N with tert-alkyl or cyclic N) is 1. The highest BCUT2D eigenvalue weighted by atomic mass is 32.1. The van der Waals surface area contributed by atoms with Crippen molar-refractivity contribution in [2.45, 2.75) is 123 Å². The van der Waals surface area contributed by atoms with Crippen LogP contribution < -0.4 is 15.4 Å². The molecule has 2 saturated heterocycles. The first-order valence-electron chi connectivity index (χ1n) is 25.4. The number of benzene rings is 3. The maximum Gasteiger partial charge on any atom is 0.246 e. The summed E-state index contributed by atoms with van der Waals surface area (Å²) in [5, 5.41) is 17.6. The summed E-state index contributed by atoms with van der Waals surface area (Å²) in [6, 6.07) is 15.4. The molecule has 2 fully saturated rings.